The number of anilines is 1. The van der Waals surface area contributed by atoms with Crippen LogP contribution in [0.1, 0.15) is 72.1 Å². The molecule has 0 atom stereocenters. The van der Waals surface area contributed by atoms with E-state index in [0.717, 1.165) is 25.4 Å². The number of unbranched alkanes of at least 4 members (excludes halogenated alkanes) is 7. The van der Waals surface area contributed by atoms with Crippen LogP contribution in [-0.2, 0) is 19.8 Å². The lowest BCUT2D eigenvalue weighted by Gasteiger charge is -2.28. The molecule has 0 saturated heterocycles. The number of aryl methyl sites for hydroxylation is 1. The Morgan fingerprint density at radius 3 is 1.77 bits per heavy atom. The highest BCUT2D eigenvalue weighted by atomic mass is 28.4. The smallest absolute Gasteiger partial charge is 0.374 e. The van der Waals surface area contributed by atoms with Crippen molar-refractivity contribution in [3.63, 3.8) is 0 Å². The summed E-state index contributed by atoms with van der Waals surface area (Å²) in [6, 6.07) is 0.927. The summed E-state index contributed by atoms with van der Waals surface area (Å²) in [5, 5.41) is 11.5. The first kappa shape index (κ1) is 23.0. The van der Waals surface area contributed by atoms with E-state index in [9.17, 15) is 0 Å². The molecule has 0 unspecified atom stereocenters. The molecule has 1 aromatic heterocycles. The van der Waals surface area contributed by atoms with E-state index in [2.05, 4.69) is 15.4 Å². The minimum absolute atomic E-state index is 0.245. The van der Waals surface area contributed by atoms with E-state index < -0.39 is 8.80 Å². The molecule has 0 aliphatic carbocycles. The average molecular weight is 388 g/mol. The normalized spacial score (nSPS) is 12.0. The Labute approximate surface area is 159 Å². The Balaban J connectivity index is 2.03. The summed E-state index contributed by atoms with van der Waals surface area (Å²) in [6.45, 7) is 8.78. The number of hydrogen-bond donors (Lipinski definition) is 1. The molecule has 8 nitrogen and oxygen atoms in total. The van der Waals surface area contributed by atoms with E-state index in [0.29, 0.717) is 19.8 Å². The van der Waals surface area contributed by atoms with Gasteiger partial charge in [0.05, 0.1) is 6.54 Å². The molecule has 2 N–H and O–H groups in total. The number of nitrogen functional groups attached to an aromatic ring is 1. The van der Waals surface area contributed by atoms with Gasteiger partial charge in [-0.15, -0.1) is 5.10 Å². The summed E-state index contributed by atoms with van der Waals surface area (Å²) in [5.74, 6) is 0.245. The average Bonchev–Trinajstić information content (AvgIpc) is 3.02. The third-order valence-corrected chi connectivity index (χ3v) is 7.30. The van der Waals surface area contributed by atoms with Gasteiger partial charge in [0, 0.05) is 25.9 Å². The minimum atomic E-state index is -2.44. The van der Waals surface area contributed by atoms with Gasteiger partial charge in [-0.1, -0.05) is 43.6 Å². The lowest BCUT2D eigenvalue weighted by Crippen LogP contribution is -2.45. The van der Waals surface area contributed by atoms with Crippen molar-refractivity contribution in [1.29, 1.82) is 0 Å². The second-order valence-corrected chi connectivity index (χ2v) is 9.04. The predicted octanol–water partition coefficient (Wildman–Crippen LogP) is 3.42. The van der Waals surface area contributed by atoms with Crippen molar-refractivity contribution in [2.45, 2.75) is 84.7 Å². The van der Waals surface area contributed by atoms with Crippen LogP contribution in [0, 0.1) is 0 Å². The summed E-state index contributed by atoms with van der Waals surface area (Å²) < 4.78 is 17.7. The first-order valence-electron chi connectivity index (χ1n) is 10.1. The zero-order valence-electron chi connectivity index (χ0n) is 16.8. The van der Waals surface area contributed by atoms with Crippen molar-refractivity contribution in [2.24, 2.45) is 0 Å². The number of tetrazole rings is 1. The largest absolute Gasteiger partial charge is 0.500 e. The van der Waals surface area contributed by atoms with E-state index in [-0.39, 0.29) is 5.95 Å². The molecular formula is C17H37N5O3Si. The van der Waals surface area contributed by atoms with Crippen LogP contribution in [-0.4, -0.2) is 48.8 Å². The maximum absolute atomic E-state index is 5.89. The maximum atomic E-state index is 5.89. The van der Waals surface area contributed by atoms with Gasteiger partial charge in [-0.05, 0) is 38.8 Å². The number of aromatic nitrogens is 4. The Bertz CT molecular complexity index is 444. The van der Waals surface area contributed by atoms with Crippen LogP contribution in [0.15, 0.2) is 0 Å². The highest BCUT2D eigenvalue weighted by molar-refractivity contribution is 6.60. The topological polar surface area (TPSA) is 97.3 Å². The molecule has 1 heterocycles. The monoisotopic (exact) mass is 387 g/mol. The van der Waals surface area contributed by atoms with Crippen molar-refractivity contribution in [3.8, 4) is 0 Å². The van der Waals surface area contributed by atoms with Crippen LogP contribution in [0.4, 0.5) is 5.95 Å². The third-order valence-electron chi connectivity index (χ3n) is 4.15. The molecule has 152 valence electrons. The van der Waals surface area contributed by atoms with Gasteiger partial charge in [0.25, 0.3) is 5.95 Å². The van der Waals surface area contributed by atoms with Crippen LogP contribution in [0.5, 0.6) is 0 Å². The van der Waals surface area contributed by atoms with Gasteiger partial charge < -0.3 is 19.0 Å². The first-order chi connectivity index (χ1) is 12.7. The van der Waals surface area contributed by atoms with Crippen LogP contribution >= 0.6 is 0 Å². The quantitative estimate of drug-likeness (QED) is 0.323. The maximum Gasteiger partial charge on any atom is 0.500 e. The van der Waals surface area contributed by atoms with Gasteiger partial charge in [0.15, 0.2) is 0 Å². The molecule has 26 heavy (non-hydrogen) atoms. The molecule has 0 fully saturated rings. The van der Waals surface area contributed by atoms with E-state index in [1.54, 1.807) is 4.80 Å². The van der Waals surface area contributed by atoms with Crippen molar-refractivity contribution in [1.82, 2.24) is 20.2 Å². The Morgan fingerprint density at radius 1 is 0.808 bits per heavy atom. The van der Waals surface area contributed by atoms with Crippen molar-refractivity contribution >= 4 is 14.8 Å². The van der Waals surface area contributed by atoms with Crippen molar-refractivity contribution in [2.75, 3.05) is 25.6 Å². The summed E-state index contributed by atoms with van der Waals surface area (Å²) in [7, 11) is -2.44. The lowest BCUT2D eigenvalue weighted by atomic mass is 10.1. The van der Waals surface area contributed by atoms with Gasteiger partial charge in [0.1, 0.15) is 0 Å². The second-order valence-electron chi connectivity index (χ2n) is 6.30. The fraction of sp³-hybridized carbons (Fsp3) is 0.941. The van der Waals surface area contributed by atoms with Gasteiger partial charge in [-0.25, -0.2) is 0 Å². The molecule has 0 amide bonds. The van der Waals surface area contributed by atoms with Gasteiger partial charge in [-0.3, -0.25) is 0 Å². The lowest BCUT2D eigenvalue weighted by molar-refractivity contribution is 0.0706. The zero-order chi connectivity index (χ0) is 19.1. The SMILES string of the molecule is CCO[Si](CCCCCCCCCCn1nnc(N)n1)(OCC)OCC. The molecular weight excluding hydrogens is 350 g/mol. The predicted molar refractivity (Wildman–Crippen MR) is 105 cm³/mol. The number of rotatable bonds is 17. The summed E-state index contributed by atoms with van der Waals surface area (Å²) in [5.41, 5.74) is 5.44. The van der Waals surface area contributed by atoms with Crippen LogP contribution in [0.25, 0.3) is 0 Å². The number of nitrogens with two attached hydrogens (primary N) is 1. The fourth-order valence-electron chi connectivity index (χ4n) is 3.01. The van der Waals surface area contributed by atoms with E-state index in [1.165, 1.54) is 38.5 Å². The first-order valence-corrected chi connectivity index (χ1v) is 12.0. The Hall–Kier alpha value is -1.03. The summed E-state index contributed by atoms with van der Waals surface area (Å²) >= 11 is 0. The highest BCUT2D eigenvalue weighted by Gasteiger charge is 2.39. The Morgan fingerprint density at radius 2 is 1.31 bits per heavy atom. The molecule has 0 spiro atoms. The van der Waals surface area contributed by atoms with Crippen LogP contribution in [0.2, 0.25) is 6.04 Å². The molecule has 0 saturated carbocycles. The molecule has 9 heteroatoms. The standard InChI is InChI=1S/C17H37N5O3Si/c1-4-23-26(24-5-2,25-6-3)16-14-12-10-8-7-9-11-13-15-22-20-17(18)19-21-22/h4-16H2,1-3H3,(H2,18,20). The molecule has 1 rings (SSSR count). The minimum Gasteiger partial charge on any atom is -0.374 e. The third kappa shape index (κ3) is 9.61. The van der Waals surface area contributed by atoms with Gasteiger partial charge in [-0.2, -0.15) is 4.80 Å². The summed E-state index contributed by atoms with van der Waals surface area (Å²) in [6.07, 6.45) is 9.65. The van der Waals surface area contributed by atoms with Gasteiger partial charge >= 0.3 is 8.80 Å². The molecule has 0 aliphatic rings. The van der Waals surface area contributed by atoms with Crippen LogP contribution < -0.4 is 5.73 Å². The van der Waals surface area contributed by atoms with E-state index >= 15 is 0 Å². The van der Waals surface area contributed by atoms with Crippen molar-refractivity contribution < 1.29 is 13.3 Å². The molecule has 1 aromatic rings. The molecule has 0 aromatic carbocycles. The molecule has 0 aliphatic heterocycles. The summed E-state index contributed by atoms with van der Waals surface area (Å²) in [4.78, 5) is 1.57. The second kappa shape index (κ2) is 14.1. The molecule has 0 bridgehead atoms. The van der Waals surface area contributed by atoms with E-state index in [4.69, 9.17) is 19.0 Å². The fourth-order valence-corrected chi connectivity index (χ4v) is 5.69. The Kier molecular flexibility index (Phi) is 12.5. The number of nitrogens with zero attached hydrogens (tertiary/aromatic N) is 4. The number of hydrogen-bond acceptors (Lipinski definition) is 7. The van der Waals surface area contributed by atoms with Crippen molar-refractivity contribution in [3.05, 3.63) is 0 Å². The van der Waals surface area contributed by atoms with Crippen LogP contribution in [0.3, 0.4) is 0 Å². The van der Waals surface area contributed by atoms with Gasteiger partial charge in [0.2, 0.25) is 0 Å². The van der Waals surface area contributed by atoms with E-state index in [1.807, 2.05) is 20.8 Å². The zero-order valence-corrected chi connectivity index (χ0v) is 17.8. The molecule has 0 radical (unpaired) electrons. The highest BCUT2D eigenvalue weighted by Crippen LogP contribution is 2.20.